The summed E-state index contributed by atoms with van der Waals surface area (Å²) < 4.78 is 0. The van der Waals surface area contributed by atoms with Crippen LogP contribution in [0.3, 0.4) is 0 Å². The SMILES string of the molecule is CN(Cc1ccccc1)[C@@H]1CNCC[C@H]1O. The first-order valence-electron chi connectivity index (χ1n) is 5.90. The maximum absolute atomic E-state index is 9.94. The molecule has 1 saturated heterocycles. The second kappa shape index (κ2) is 5.43. The van der Waals surface area contributed by atoms with Gasteiger partial charge < -0.3 is 10.4 Å². The van der Waals surface area contributed by atoms with Gasteiger partial charge in [-0.3, -0.25) is 4.90 Å². The molecule has 1 aromatic carbocycles. The Morgan fingerprint density at radius 3 is 2.81 bits per heavy atom. The van der Waals surface area contributed by atoms with Crippen molar-refractivity contribution in [2.24, 2.45) is 0 Å². The number of piperidine rings is 1. The van der Waals surface area contributed by atoms with Gasteiger partial charge in [0.1, 0.15) is 0 Å². The van der Waals surface area contributed by atoms with Gasteiger partial charge in [-0.25, -0.2) is 0 Å². The molecular weight excluding hydrogens is 200 g/mol. The molecule has 1 heterocycles. The molecule has 0 spiro atoms. The Morgan fingerprint density at radius 2 is 2.12 bits per heavy atom. The van der Waals surface area contributed by atoms with Crippen LogP contribution in [0.25, 0.3) is 0 Å². The normalized spacial score (nSPS) is 25.9. The van der Waals surface area contributed by atoms with Gasteiger partial charge in [0.25, 0.3) is 0 Å². The van der Waals surface area contributed by atoms with Gasteiger partial charge >= 0.3 is 0 Å². The molecule has 3 heteroatoms. The summed E-state index contributed by atoms with van der Waals surface area (Å²) in [6, 6.07) is 10.6. The molecular formula is C13H20N2O. The molecule has 0 unspecified atom stereocenters. The standard InChI is InChI=1S/C13H20N2O/c1-15(10-11-5-3-2-4-6-11)12-9-14-8-7-13(12)16/h2-6,12-14,16H,7-10H2,1H3/t12-,13-/m1/s1. The molecule has 0 bridgehead atoms. The number of benzene rings is 1. The lowest BCUT2D eigenvalue weighted by Gasteiger charge is -2.35. The quantitative estimate of drug-likeness (QED) is 0.792. The van der Waals surface area contributed by atoms with E-state index in [4.69, 9.17) is 0 Å². The lowest BCUT2D eigenvalue weighted by atomic mass is 10.0. The fourth-order valence-electron chi connectivity index (χ4n) is 2.27. The monoisotopic (exact) mass is 220 g/mol. The molecule has 1 aliphatic rings. The zero-order valence-corrected chi connectivity index (χ0v) is 9.76. The third-order valence-electron chi connectivity index (χ3n) is 3.26. The molecule has 1 aromatic rings. The van der Waals surface area contributed by atoms with Crippen molar-refractivity contribution >= 4 is 0 Å². The number of aliphatic hydroxyl groups excluding tert-OH is 1. The van der Waals surface area contributed by atoms with Gasteiger partial charge in [-0.15, -0.1) is 0 Å². The molecule has 0 saturated carbocycles. The number of nitrogens with zero attached hydrogens (tertiary/aromatic N) is 1. The molecule has 1 fully saturated rings. The van der Waals surface area contributed by atoms with Crippen molar-refractivity contribution in [3.8, 4) is 0 Å². The van der Waals surface area contributed by atoms with Crippen molar-refractivity contribution in [2.75, 3.05) is 20.1 Å². The molecule has 2 rings (SSSR count). The van der Waals surface area contributed by atoms with Gasteiger partial charge in [0.15, 0.2) is 0 Å². The first kappa shape index (κ1) is 11.6. The minimum atomic E-state index is -0.199. The highest BCUT2D eigenvalue weighted by Gasteiger charge is 2.26. The minimum absolute atomic E-state index is 0.199. The fraction of sp³-hybridized carbons (Fsp3) is 0.538. The zero-order chi connectivity index (χ0) is 11.4. The van der Waals surface area contributed by atoms with Gasteiger partial charge in [-0.2, -0.15) is 0 Å². The van der Waals surface area contributed by atoms with Crippen LogP contribution in [0.4, 0.5) is 0 Å². The van der Waals surface area contributed by atoms with E-state index in [9.17, 15) is 5.11 Å². The van der Waals surface area contributed by atoms with Gasteiger partial charge in [-0.05, 0) is 25.6 Å². The average Bonchev–Trinajstić information content (AvgIpc) is 2.31. The number of hydrogen-bond acceptors (Lipinski definition) is 3. The molecule has 0 aliphatic carbocycles. The third kappa shape index (κ3) is 2.82. The van der Waals surface area contributed by atoms with Gasteiger partial charge in [0.2, 0.25) is 0 Å². The second-order valence-electron chi connectivity index (χ2n) is 4.53. The summed E-state index contributed by atoms with van der Waals surface area (Å²) in [5.74, 6) is 0. The molecule has 0 aromatic heterocycles. The fourth-order valence-corrected chi connectivity index (χ4v) is 2.27. The number of rotatable bonds is 3. The predicted octanol–water partition coefficient (Wildman–Crippen LogP) is 0.841. The van der Waals surface area contributed by atoms with Crippen molar-refractivity contribution < 1.29 is 5.11 Å². The van der Waals surface area contributed by atoms with Gasteiger partial charge in [-0.1, -0.05) is 30.3 Å². The van der Waals surface area contributed by atoms with E-state index in [-0.39, 0.29) is 12.1 Å². The summed E-state index contributed by atoms with van der Waals surface area (Å²) in [5.41, 5.74) is 1.29. The Labute approximate surface area is 97.1 Å². The van der Waals surface area contributed by atoms with Crippen molar-refractivity contribution in [2.45, 2.75) is 25.1 Å². The van der Waals surface area contributed by atoms with Crippen molar-refractivity contribution in [3.05, 3.63) is 35.9 Å². The predicted molar refractivity (Wildman–Crippen MR) is 65.2 cm³/mol. The van der Waals surface area contributed by atoms with Crippen molar-refractivity contribution in [3.63, 3.8) is 0 Å². The number of aliphatic hydroxyl groups is 1. The molecule has 16 heavy (non-hydrogen) atoms. The molecule has 0 amide bonds. The number of likely N-dealkylation sites (N-methyl/N-ethyl adjacent to an activating group) is 1. The van der Waals surface area contributed by atoms with Crippen LogP contribution in [-0.2, 0) is 6.54 Å². The molecule has 88 valence electrons. The van der Waals surface area contributed by atoms with E-state index in [1.807, 2.05) is 6.07 Å². The van der Waals surface area contributed by atoms with Crippen LogP contribution in [-0.4, -0.2) is 42.3 Å². The maximum Gasteiger partial charge on any atom is 0.0719 e. The van der Waals surface area contributed by atoms with Gasteiger partial charge in [0.05, 0.1) is 6.10 Å². The third-order valence-corrected chi connectivity index (χ3v) is 3.26. The molecule has 0 radical (unpaired) electrons. The van der Waals surface area contributed by atoms with E-state index in [1.54, 1.807) is 0 Å². The van der Waals surface area contributed by atoms with Crippen LogP contribution < -0.4 is 5.32 Å². The van der Waals surface area contributed by atoms with Crippen LogP contribution in [0.5, 0.6) is 0 Å². The van der Waals surface area contributed by atoms with E-state index in [0.29, 0.717) is 0 Å². The smallest absolute Gasteiger partial charge is 0.0719 e. The molecule has 2 N–H and O–H groups in total. The van der Waals surface area contributed by atoms with Crippen LogP contribution in [0, 0.1) is 0 Å². The highest BCUT2D eigenvalue weighted by molar-refractivity contribution is 5.14. The summed E-state index contributed by atoms with van der Waals surface area (Å²) in [7, 11) is 2.08. The van der Waals surface area contributed by atoms with Gasteiger partial charge in [0, 0.05) is 19.1 Å². The maximum atomic E-state index is 9.94. The summed E-state index contributed by atoms with van der Waals surface area (Å²) in [5, 5.41) is 13.3. The highest BCUT2D eigenvalue weighted by atomic mass is 16.3. The Balaban J connectivity index is 1.94. The van der Waals surface area contributed by atoms with Crippen LogP contribution >= 0.6 is 0 Å². The van der Waals surface area contributed by atoms with E-state index in [1.165, 1.54) is 5.56 Å². The first-order valence-corrected chi connectivity index (χ1v) is 5.90. The molecule has 2 atom stereocenters. The summed E-state index contributed by atoms with van der Waals surface area (Å²) in [6.45, 7) is 2.70. The topological polar surface area (TPSA) is 35.5 Å². The molecule has 3 nitrogen and oxygen atoms in total. The van der Waals surface area contributed by atoms with E-state index < -0.39 is 0 Å². The molecule has 1 aliphatic heterocycles. The van der Waals surface area contributed by atoms with Crippen LogP contribution in [0.2, 0.25) is 0 Å². The summed E-state index contributed by atoms with van der Waals surface area (Å²) in [6.07, 6.45) is 0.652. The van der Waals surface area contributed by atoms with E-state index in [0.717, 1.165) is 26.1 Å². The van der Waals surface area contributed by atoms with E-state index in [2.05, 4.69) is 41.5 Å². The Kier molecular flexibility index (Phi) is 3.93. The Morgan fingerprint density at radius 1 is 1.38 bits per heavy atom. The lowest BCUT2D eigenvalue weighted by Crippen LogP contribution is -2.52. The summed E-state index contributed by atoms with van der Waals surface area (Å²) >= 11 is 0. The Hall–Kier alpha value is -0.900. The summed E-state index contributed by atoms with van der Waals surface area (Å²) in [4.78, 5) is 2.23. The largest absolute Gasteiger partial charge is 0.391 e. The average molecular weight is 220 g/mol. The van der Waals surface area contributed by atoms with Crippen molar-refractivity contribution in [1.82, 2.24) is 10.2 Å². The number of nitrogens with one attached hydrogen (secondary N) is 1. The van der Waals surface area contributed by atoms with E-state index >= 15 is 0 Å². The Bertz CT molecular complexity index is 315. The van der Waals surface area contributed by atoms with Crippen molar-refractivity contribution in [1.29, 1.82) is 0 Å². The number of hydrogen-bond donors (Lipinski definition) is 2. The highest BCUT2D eigenvalue weighted by Crippen LogP contribution is 2.12. The minimum Gasteiger partial charge on any atom is -0.391 e. The second-order valence-corrected chi connectivity index (χ2v) is 4.53. The zero-order valence-electron chi connectivity index (χ0n) is 9.76. The van der Waals surface area contributed by atoms with Crippen LogP contribution in [0.1, 0.15) is 12.0 Å². The first-order chi connectivity index (χ1) is 7.77. The van der Waals surface area contributed by atoms with Crippen LogP contribution in [0.15, 0.2) is 30.3 Å². The lowest BCUT2D eigenvalue weighted by molar-refractivity contribution is 0.0374.